The lowest BCUT2D eigenvalue weighted by Gasteiger charge is -2.11. The molecule has 3 nitrogen and oxygen atoms in total. The van der Waals surface area contributed by atoms with Crippen LogP contribution in [0, 0.1) is 5.92 Å². The molecule has 2 unspecified atom stereocenters. The summed E-state index contributed by atoms with van der Waals surface area (Å²) in [4.78, 5) is 12.2. The molecule has 0 aromatic heterocycles. The van der Waals surface area contributed by atoms with Gasteiger partial charge in [-0.1, -0.05) is 0 Å². The van der Waals surface area contributed by atoms with E-state index in [2.05, 4.69) is 0 Å². The molecule has 2 N–H and O–H groups in total. The maximum atomic E-state index is 12.2. The molecule has 2 atom stereocenters. The topological polar surface area (TPSA) is 52.3 Å². The number of ketones is 1. The van der Waals surface area contributed by atoms with Gasteiger partial charge in [0, 0.05) is 17.5 Å². The molecule has 1 fully saturated rings. The van der Waals surface area contributed by atoms with Crippen LogP contribution in [0.15, 0.2) is 24.3 Å². The van der Waals surface area contributed by atoms with Crippen LogP contribution in [0.4, 0.5) is 0 Å². The summed E-state index contributed by atoms with van der Waals surface area (Å²) in [5.74, 6) is 1.14. The Kier molecular flexibility index (Phi) is 4.02. The SMILES string of the molecule is CC(C)Oc1ccc(C(=O)C2CCC(N)C2)cc1. The minimum atomic E-state index is 0.108. The third kappa shape index (κ3) is 3.10. The fraction of sp³-hybridized carbons (Fsp3) is 0.533. The number of ether oxygens (including phenoxy) is 1. The van der Waals surface area contributed by atoms with E-state index in [-0.39, 0.29) is 23.8 Å². The van der Waals surface area contributed by atoms with E-state index in [0.29, 0.717) is 0 Å². The summed E-state index contributed by atoms with van der Waals surface area (Å²) in [6, 6.07) is 7.63. The lowest BCUT2D eigenvalue weighted by Crippen LogP contribution is -2.18. The first-order chi connectivity index (χ1) is 8.56. The quantitative estimate of drug-likeness (QED) is 0.832. The van der Waals surface area contributed by atoms with Crippen LogP contribution in [0.3, 0.4) is 0 Å². The molecule has 0 heterocycles. The Morgan fingerprint density at radius 1 is 1.28 bits per heavy atom. The number of carbonyl (C=O) groups is 1. The molecule has 3 heteroatoms. The average molecular weight is 247 g/mol. The normalized spacial score (nSPS) is 23.3. The zero-order chi connectivity index (χ0) is 13.1. The highest BCUT2D eigenvalue weighted by molar-refractivity contribution is 5.98. The van der Waals surface area contributed by atoms with Gasteiger partial charge < -0.3 is 10.5 Å². The molecule has 0 bridgehead atoms. The fourth-order valence-corrected chi connectivity index (χ4v) is 2.46. The first-order valence-corrected chi connectivity index (χ1v) is 6.63. The second kappa shape index (κ2) is 5.53. The second-order valence-electron chi connectivity index (χ2n) is 5.33. The van der Waals surface area contributed by atoms with Crippen LogP contribution in [-0.2, 0) is 0 Å². The number of benzene rings is 1. The van der Waals surface area contributed by atoms with Gasteiger partial charge in [0.1, 0.15) is 5.75 Å². The van der Waals surface area contributed by atoms with Gasteiger partial charge in [0.2, 0.25) is 0 Å². The summed E-state index contributed by atoms with van der Waals surface area (Å²) in [6.07, 6.45) is 2.86. The predicted octanol–water partition coefficient (Wildman–Crippen LogP) is 2.78. The van der Waals surface area contributed by atoms with Gasteiger partial charge in [-0.05, 0) is 57.4 Å². The van der Waals surface area contributed by atoms with Gasteiger partial charge in [0.05, 0.1) is 6.10 Å². The highest BCUT2D eigenvalue weighted by Crippen LogP contribution is 2.28. The van der Waals surface area contributed by atoms with E-state index in [0.717, 1.165) is 30.6 Å². The van der Waals surface area contributed by atoms with Crippen molar-refractivity contribution in [1.29, 1.82) is 0 Å². The Morgan fingerprint density at radius 2 is 1.94 bits per heavy atom. The first kappa shape index (κ1) is 13.1. The van der Waals surface area contributed by atoms with E-state index in [4.69, 9.17) is 10.5 Å². The van der Waals surface area contributed by atoms with Gasteiger partial charge in [-0.3, -0.25) is 4.79 Å². The van der Waals surface area contributed by atoms with Gasteiger partial charge >= 0.3 is 0 Å². The van der Waals surface area contributed by atoms with E-state index in [9.17, 15) is 4.79 Å². The lowest BCUT2D eigenvalue weighted by atomic mass is 9.96. The molecule has 0 radical (unpaired) electrons. The van der Waals surface area contributed by atoms with Crippen molar-refractivity contribution in [3.8, 4) is 5.75 Å². The molecule has 0 amide bonds. The van der Waals surface area contributed by atoms with Gasteiger partial charge in [0.15, 0.2) is 5.78 Å². The summed E-state index contributed by atoms with van der Waals surface area (Å²) in [5, 5.41) is 0. The molecule has 1 saturated carbocycles. The third-order valence-electron chi connectivity index (χ3n) is 3.35. The molecular weight excluding hydrogens is 226 g/mol. The maximum absolute atomic E-state index is 12.2. The molecular formula is C15H21NO2. The summed E-state index contributed by atoms with van der Waals surface area (Å²) < 4.78 is 5.56. The van der Waals surface area contributed by atoms with Crippen molar-refractivity contribution >= 4 is 5.78 Å². The van der Waals surface area contributed by atoms with Crippen LogP contribution < -0.4 is 10.5 Å². The van der Waals surface area contributed by atoms with Crippen LogP contribution in [0.25, 0.3) is 0 Å². The number of Topliss-reactive ketones (excluding diaryl/α,β-unsaturated/α-hetero) is 1. The van der Waals surface area contributed by atoms with E-state index >= 15 is 0 Å². The number of hydrogen-bond acceptors (Lipinski definition) is 3. The Morgan fingerprint density at radius 3 is 2.44 bits per heavy atom. The molecule has 2 rings (SSSR count). The van der Waals surface area contributed by atoms with Crippen molar-refractivity contribution in [3.63, 3.8) is 0 Å². The number of carbonyl (C=O) groups excluding carboxylic acids is 1. The molecule has 0 aliphatic heterocycles. The van der Waals surface area contributed by atoms with Crippen LogP contribution in [0.1, 0.15) is 43.5 Å². The Hall–Kier alpha value is -1.35. The standard InChI is InChI=1S/C15H21NO2/c1-10(2)18-14-7-4-11(5-8-14)15(17)12-3-6-13(16)9-12/h4-5,7-8,10,12-13H,3,6,9,16H2,1-2H3. The van der Waals surface area contributed by atoms with Crippen molar-refractivity contribution in [3.05, 3.63) is 29.8 Å². The average Bonchev–Trinajstić information content (AvgIpc) is 2.75. The second-order valence-corrected chi connectivity index (χ2v) is 5.33. The molecule has 0 spiro atoms. The highest BCUT2D eigenvalue weighted by atomic mass is 16.5. The Balaban J connectivity index is 2.03. The zero-order valence-electron chi connectivity index (χ0n) is 11.1. The van der Waals surface area contributed by atoms with Crippen LogP contribution in [0.2, 0.25) is 0 Å². The van der Waals surface area contributed by atoms with Crippen LogP contribution in [0.5, 0.6) is 5.75 Å². The van der Waals surface area contributed by atoms with Crippen molar-refractivity contribution in [2.45, 2.75) is 45.3 Å². The lowest BCUT2D eigenvalue weighted by molar-refractivity contribution is 0.0922. The summed E-state index contributed by atoms with van der Waals surface area (Å²) in [7, 11) is 0. The van der Waals surface area contributed by atoms with Gasteiger partial charge in [-0.2, -0.15) is 0 Å². The summed E-state index contributed by atoms with van der Waals surface area (Å²) in [6.45, 7) is 3.97. The number of nitrogens with two attached hydrogens (primary N) is 1. The Bertz CT molecular complexity index is 411. The summed E-state index contributed by atoms with van der Waals surface area (Å²) >= 11 is 0. The molecule has 1 aromatic rings. The molecule has 1 aliphatic rings. The van der Waals surface area contributed by atoms with Gasteiger partial charge in [0.25, 0.3) is 0 Å². The first-order valence-electron chi connectivity index (χ1n) is 6.63. The van der Waals surface area contributed by atoms with Crippen LogP contribution >= 0.6 is 0 Å². The smallest absolute Gasteiger partial charge is 0.166 e. The van der Waals surface area contributed by atoms with E-state index in [1.807, 2.05) is 38.1 Å². The van der Waals surface area contributed by atoms with Crippen molar-refractivity contribution in [2.24, 2.45) is 11.7 Å². The molecule has 98 valence electrons. The highest BCUT2D eigenvalue weighted by Gasteiger charge is 2.28. The van der Waals surface area contributed by atoms with Crippen molar-refractivity contribution < 1.29 is 9.53 Å². The van der Waals surface area contributed by atoms with Gasteiger partial charge in [-0.15, -0.1) is 0 Å². The number of hydrogen-bond donors (Lipinski definition) is 1. The minimum Gasteiger partial charge on any atom is -0.491 e. The zero-order valence-corrected chi connectivity index (χ0v) is 11.1. The van der Waals surface area contributed by atoms with Crippen molar-refractivity contribution in [1.82, 2.24) is 0 Å². The van der Waals surface area contributed by atoms with Crippen molar-refractivity contribution in [2.75, 3.05) is 0 Å². The monoisotopic (exact) mass is 247 g/mol. The predicted molar refractivity (Wildman–Crippen MR) is 71.9 cm³/mol. The van der Waals surface area contributed by atoms with E-state index in [1.54, 1.807) is 0 Å². The van der Waals surface area contributed by atoms with Gasteiger partial charge in [-0.25, -0.2) is 0 Å². The van der Waals surface area contributed by atoms with E-state index in [1.165, 1.54) is 0 Å². The number of rotatable bonds is 4. The molecule has 0 saturated heterocycles. The summed E-state index contributed by atoms with van der Waals surface area (Å²) in [5.41, 5.74) is 6.62. The Labute approximate surface area is 108 Å². The maximum Gasteiger partial charge on any atom is 0.166 e. The molecule has 1 aromatic carbocycles. The third-order valence-corrected chi connectivity index (χ3v) is 3.35. The largest absolute Gasteiger partial charge is 0.491 e. The van der Waals surface area contributed by atoms with Crippen LogP contribution in [-0.4, -0.2) is 17.9 Å². The van der Waals surface area contributed by atoms with E-state index < -0.39 is 0 Å². The minimum absolute atomic E-state index is 0.108. The molecule has 18 heavy (non-hydrogen) atoms. The fourth-order valence-electron chi connectivity index (χ4n) is 2.46. The molecule has 1 aliphatic carbocycles.